The fraction of sp³-hybridized carbons (Fsp3) is 0.533. The van der Waals surface area contributed by atoms with Crippen molar-refractivity contribution in [2.24, 2.45) is 0 Å². The Morgan fingerprint density at radius 2 is 1.86 bits per heavy atom. The lowest BCUT2D eigenvalue weighted by atomic mass is 9.94. The number of nitrogens with one attached hydrogen (secondary N) is 1. The van der Waals surface area contributed by atoms with Gasteiger partial charge in [0.25, 0.3) is 5.69 Å². The van der Waals surface area contributed by atoms with Crippen molar-refractivity contribution in [3.05, 3.63) is 39.9 Å². The van der Waals surface area contributed by atoms with Crippen LogP contribution in [0.1, 0.15) is 33.3 Å². The minimum Gasteiger partial charge on any atom is -0.346 e. The average Bonchev–Trinajstić information content (AvgIpc) is 2.37. The van der Waals surface area contributed by atoms with Crippen LogP contribution in [0.5, 0.6) is 0 Å². The van der Waals surface area contributed by atoms with E-state index in [1.807, 2.05) is 39.6 Å². The van der Waals surface area contributed by atoms with Crippen LogP contribution in [0.4, 0.5) is 5.69 Å². The van der Waals surface area contributed by atoms with Crippen LogP contribution in [0.15, 0.2) is 24.3 Å². The molecule has 1 N–H and O–H groups in total. The van der Waals surface area contributed by atoms with E-state index in [-0.39, 0.29) is 11.6 Å². The molecule has 1 aromatic rings. The first-order valence-corrected chi connectivity index (χ1v) is 6.89. The Bertz CT molecular complexity index is 509. The van der Waals surface area contributed by atoms with Crippen LogP contribution >= 0.6 is 0 Å². The van der Waals surface area contributed by atoms with E-state index in [0.29, 0.717) is 12.6 Å². The number of hydrogen-bond acceptors (Lipinski definition) is 4. The average molecular weight is 293 g/mol. The van der Waals surface area contributed by atoms with Gasteiger partial charge in [0, 0.05) is 18.2 Å². The molecule has 0 spiro atoms. The Morgan fingerprint density at radius 3 is 2.29 bits per heavy atom. The predicted molar refractivity (Wildman–Crippen MR) is 82.0 cm³/mol. The van der Waals surface area contributed by atoms with Gasteiger partial charge in [0.1, 0.15) is 0 Å². The minimum atomic E-state index is -0.579. The summed E-state index contributed by atoms with van der Waals surface area (Å²) in [6.45, 7) is 8.11. The van der Waals surface area contributed by atoms with Gasteiger partial charge in [-0.2, -0.15) is 0 Å². The summed E-state index contributed by atoms with van der Waals surface area (Å²) < 4.78 is 0. The summed E-state index contributed by atoms with van der Waals surface area (Å²) in [5, 5.41) is 13.6. The predicted octanol–water partition coefficient (Wildman–Crippen LogP) is 2.29. The van der Waals surface area contributed by atoms with Crippen molar-refractivity contribution in [3.63, 3.8) is 0 Å². The molecule has 21 heavy (non-hydrogen) atoms. The molecule has 6 nitrogen and oxygen atoms in total. The number of amides is 1. The molecule has 1 rings (SSSR count). The molecule has 0 aliphatic carbocycles. The number of nitro benzene ring substituents is 1. The second-order valence-corrected chi connectivity index (χ2v) is 5.99. The van der Waals surface area contributed by atoms with Crippen LogP contribution in [0.3, 0.4) is 0 Å². The number of rotatable bonds is 6. The summed E-state index contributed by atoms with van der Waals surface area (Å²) >= 11 is 0. The Balaban J connectivity index is 2.76. The normalized spacial score (nSPS) is 11.8. The molecule has 0 radical (unpaired) electrons. The highest BCUT2D eigenvalue weighted by molar-refractivity contribution is 5.79. The van der Waals surface area contributed by atoms with Gasteiger partial charge in [-0.05, 0) is 52.4 Å². The number of benzene rings is 1. The summed E-state index contributed by atoms with van der Waals surface area (Å²) in [6.07, 6.45) is 0. The molecular formula is C15H23N3O3. The number of likely N-dealkylation sites (N-methyl/N-ethyl adjacent to an activating group) is 1. The molecule has 0 saturated heterocycles. The highest BCUT2D eigenvalue weighted by Gasteiger charge is 2.24. The highest BCUT2D eigenvalue weighted by Crippen LogP contribution is 2.22. The van der Waals surface area contributed by atoms with E-state index in [1.54, 1.807) is 12.1 Å². The van der Waals surface area contributed by atoms with Gasteiger partial charge in [-0.1, -0.05) is 0 Å². The molecule has 6 heteroatoms. The monoisotopic (exact) mass is 293 g/mol. The van der Waals surface area contributed by atoms with Crippen LogP contribution in [-0.2, 0) is 10.3 Å². The van der Waals surface area contributed by atoms with Crippen molar-refractivity contribution in [1.29, 1.82) is 0 Å². The van der Waals surface area contributed by atoms with Crippen LogP contribution in [0, 0.1) is 10.1 Å². The van der Waals surface area contributed by atoms with Gasteiger partial charge in [-0.25, -0.2) is 0 Å². The molecule has 0 saturated carbocycles. The molecule has 116 valence electrons. The highest BCUT2D eigenvalue weighted by atomic mass is 16.6. The lowest BCUT2D eigenvalue weighted by Gasteiger charge is -2.29. The largest absolute Gasteiger partial charge is 0.346 e. The summed E-state index contributed by atoms with van der Waals surface area (Å²) in [5.41, 5.74) is 0.290. The van der Waals surface area contributed by atoms with E-state index < -0.39 is 10.5 Å². The zero-order valence-corrected chi connectivity index (χ0v) is 13.2. The molecule has 0 bridgehead atoms. The van der Waals surface area contributed by atoms with Crippen LogP contribution in [0.25, 0.3) is 0 Å². The van der Waals surface area contributed by atoms with Gasteiger partial charge < -0.3 is 5.32 Å². The topological polar surface area (TPSA) is 75.5 Å². The zero-order chi connectivity index (χ0) is 16.2. The quantitative estimate of drug-likeness (QED) is 0.645. The van der Waals surface area contributed by atoms with E-state index >= 15 is 0 Å². The second kappa shape index (κ2) is 6.67. The maximum Gasteiger partial charge on any atom is 0.269 e. The lowest BCUT2D eigenvalue weighted by Crippen LogP contribution is -2.46. The van der Waals surface area contributed by atoms with Crippen molar-refractivity contribution < 1.29 is 9.72 Å². The maximum absolute atomic E-state index is 12.1. The molecule has 1 aromatic carbocycles. The van der Waals surface area contributed by atoms with Gasteiger partial charge >= 0.3 is 0 Å². The first kappa shape index (κ1) is 17.1. The third kappa shape index (κ3) is 4.82. The van der Waals surface area contributed by atoms with Gasteiger partial charge in [-0.3, -0.25) is 19.8 Å². The summed E-state index contributed by atoms with van der Waals surface area (Å²) in [6, 6.07) is 6.53. The number of carbonyl (C=O) groups is 1. The van der Waals surface area contributed by atoms with Crippen LogP contribution in [-0.4, -0.2) is 35.4 Å². The lowest BCUT2D eigenvalue weighted by molar-refractivity contribution is -0.384. The van der Waals surface area contributed by atoms with E-state index in [2.05, 4.69) is 5.32 Å². The molecule has 0 heterocycles. The minimum absolute atomic E-state index is 0.0421. The van der Waals surface area contributed by atoms with E-state index in [9.17, 15) is 14.9 Å². The van der Waals surface area contributed by atoms with Crippen molar-refractivity contribution in [2.45, 2.75) is 39.3 Å². The first-order chi connectivity index (χ1) is 9.63. The number of carbonyl (C=O) groups excluding carboxylic acids is 1. The second-order valence-electron chi connectivity index (χ2n) is 5.99. The fourth-order valence-corrected chi connectivity index (χ4v) is 1.87. The standard InChI is InChI=1S/C15H23N3O3/c1-11(2)17(5)10-14(19)16-15(3,4)12-6-8-13(9-7-12)18(20)21/h6-9,11H,10H2,1-5H3,(H,16,19). The molecule has 0 aliphatic rings. The summed E-state index contributed by atoms with van der Waals surface area (Å²) in [7, 11) is 1.89. The molecule has 1 amide bonds. The number of non-ortho nitro benzene ring substituents is 1. The van der Waals surface area contributed by atoms with Gasteiger partial charge in [-0.15, -0.1) is 0 Å². The van der Waals surface area contributed by atoms with Gasteiger partial charge in [0.2, 0.25) is 5.91 Å². The molecule has 0 fully saturated rings. The van der Waals surface area contributed by atoms with E-state index in [1.165, 1.54) is 12.1 Å². The van der Waals surface area contributed by atoms with Gasteiger partial charge in [0.15, 0.2) is 0 Å². The first-order valence-electron chi connectivity index (χ1n) is 6.89. The third-order valence-corrected chi connectivity index (χ3v) is 3.53. The SMILES string of the molecule is CC(C)N(C)CC(=O)NC(C)(C)c1ccc([N+](=O)[O-])cc1. The molecule has 0 aliphatic heterocycles. The molecule has 0 unspecified atom stereocenters. The van der Waals surface area contributed by atoms with Crippen molar-refractivity contribution in [3.8, 4) is 0 Å². The maximum atomic E-state index is 12.1. The third-order valence-electron chi connectivity index (χ3n) is 3.53. The zero-order valence-electron chi connectivity index (χ0n) is 13.2. The Labute approximate surface area is 125 Å². The van der Waals surface area contributed by atoms with Crippen molar-refractivity contribution in [1.82, 2.24) is 10.2 Å². The van der Waals surface area contributed by atoms with Gasteiger partial charge in [0.05, 0.1) is 17.0 Å². The summed E-state index contributed by atoms with van der Waals surface area (Å²) in [5.74, 6) is -0.0745. The smallest absolute Gasteiger partial charge is 0.269 e. The number of nitro groups is 1. The van der Waals surface area contributed by atoms with Crippen molar-refractivity contribution >= 4 is 11.6 Å². The van der Waals surface area contributed by atoms with E-state index in [0.717, 1.165) is 5.56 Å². The molecule has 0 atom stereocenters. The fourth-order valence-electron chi connectivity index (χ4n) is 1.87. The Kier molecular flexibility index (Phi) is 5.43. The Hall–Kier alpha value is -1.95. The Morgan fingerprint density at radius 1 is 1.33 bits per heavy atom. The van der Waals surface area contributed by atoms with E-state index in [4.69, 9.17) is 0 Å². The number of hydrogen-bond donors (Lipinski definition) is 1. The molecular weight excluding hydrogens is 270 g/mol. The van der Waals surface area contributed by atoms with Crippen molar-refractivity contribution in [2.75, 3.05) is 13.6 Å². The number of nitrogens with zero attached hydrogens (tertiary/aromatic N) is 2. The summed E-state index contributed by atoms with van der Waals surface area (Å²) in [4.78, 5) is 24.2. The molecule has 0 aromatic heterocycles. The van der Waals surface area contributed by atoms with Crippen LogP contribution < -0.4 is 5.32 Å². The van der Waals surface area contributed by atoms with Crippen LogP contribution in [0.2, 0.25) is 0 Å².